The number of ketones is 1. The summed E-state index contributed by atoms with van der Waals surface area (Å²) in [5.74, 6) is -0.909. The number of nitrogens with one attached hydrogen (secondary N) is 1. The number of aryl methyl sites for hydroxylation is 1. The molecule has 0 atom stereocenters. The van der Waals surface area contributed by atoms with Crippen molar-refractivity contribution < 1.29 is 22.7 Å². The van der Waals surface area contributed by atoms with Crippen LogP contribution in [0.1, 0.15) is 44.9 Å². The average Bonchev–Trinajstić information content (AvgIpc) is 3.44. The molecule has 0 saturated heterocycles. The fourth-order valence-corrected chi connectivity index (χ4v) is 4.86. The second-order valence-electron chi connectivity index (χ2n) is 6.63. The summed E-state index contributed by atoms with van der Waals surface area (Å²) in [6.45, 7) is 3.07. The first-order chi connectivity index (χ1) is 12.8. The van der Waals surface area contributed by atoms with E-state index < -0.39 is 16.0 Å². The summed E-state index contributed by atoms with van der Waals surface area (Å²) in [6, 6.07) is 7.94. The van der Waals surface area contributed by atoms with Crippen molar-refractivity contribution in [1.82, 2.24) is 9.29 Å². The van der Waals surface area contributed by atoms with E-state index >= 15 is 0 Å². The summed E-state index contributed by atoms with van der Waals surface area (Å²) in [7, 11) is -2.51. The fraction of sp³-hybridized carbons (Fsp3) is 0.368. The third kappa shape index (κ3) is 3.68. The van der Waals surface area contributed by atoms with Crippen molar-refractivity contribution in [2.24, 2.45) is 0 Å². The molecule has 1 heterocycles. The monoisotopic (exact) mass is 390 g/mol. The molecule has 8 heteroatoms. The van der Waals surface area contributed by atoms with E-state index in [4.69, 9.17) is 4.74 Å². The van der Waals surface area contributed by atoms with Gasteiger partial charge in [-0.25, -0.2) is 13.2 Å². The van der Waals surface area contributed by atoms with Crippen LogP contribution in [0.3, 0.4) is 0 Å². The van der Waals surface area contributed by atoms with Gasteiger partial charge in [-0.15, -0.1) is 0 Å². The SMILES string of the molecule is COC(=O)c1[nH]c(C)c(C(=O)CN(C2CC2)S(=O)(=O)c2ccccc2)c1C. The van der Waals surface area contributed by atoms with Gasteiger partial charge in [0.15, 0.2) is 5.78 Å². The molecular weight excluding hydrogens is 368 g/mol. The zero-order chi connectivity index (χ0) is 19.8. The molecule has 0 spiro atoms. The Labute approximate surface area is 158 Å². The van der Waals surface area contributed by atoms with E-state index in [0.29, 0.717) is 16.8 Å². The molecule has 1 aromatic heterocycles. The second kappa shape index (κ2) is 7.28. The van der Waals surface area contributed by atoms with Gasteiger partial charge in [0.05, 0.1) is 18.6 Å². The molecule has 144 valence electrons. The molecule has 7 nitrogen and oxygen atoms in total. The van der Waals surface area contributed by atoms with Crippen molar-refractivity contribution in [2.75, 3.05) is 13.7 Å². The molecule has 27 heavy (non-hydrogen) atoms. The number of hydrogen-bond acceptors (Lipinski definition) is 5. The van der Waals surface area contributed by atoms with Crippen molar-refractivity contribution in [1.29, 1.82) is 0 Å². The average molecular weight is 390 g/mol. The Morgan fingerprint density at radius 3 is 2.37 bits per heavy atom. The van der Waals surface area contributed by atoms with E-state index in [9.17, 15) is 18.0 Å². The highest BCUT2D eigenvalue weighted by Gasteiger charge is 2.40. The third-order valence-corrected chi connectivity index (χ3v) is 6.62. The summed E-state index contributed by atoms with van der Waals surface area (Å²) >= 11 is 0. The number of H-pyrrole nitrogens is 1. The number of sulfonamides is 1. The minimum absolute atomic E-state index is 0.168. The number of hydrogen-bond donors (Lipinski definition) is 1. The Balaban J connectivity index is 1.92. The maximum absolute atomic E-state index is 13.0. The molecular formula is C19H22N2O5S. The number of nitrogens with zero attached hydrogens (tertiary/aromatic N) is 1. The van der Waals surface area contributed by atoms with Crippen LogP contribution in [0.25, 0.3) is 0 Å². The molecule has 1 fully saturated rings. The highest BCUT2D eigenvalue weighted by atomic mass is 32.2. The van der Waals surface area contributed by atoms with Crippen LogP contribution >= 0.6 is 0 Å². The fourth-order valence-electron chi connectivity index (χ4n) is 3.20. The lowest BCUT2D eigenvalue weighted by molar-refractivity contribution is 0.0594. The number of aromatic amines is 1. The van der Waals surface area contributed by atoms with Crippen molar-refractivity contribution >= 4 is 21.8 Å². The van der Waals surface area contributed by atoms with Crippen LogP contribution in [-0.2, 0) is 14.8 Å². The zero-order valence-electron chi connectivity index (χ0n) is 15.5. The number of methoxy groups -OCH3 is 1. The lowest BCUT2D eigenvalue weighted by Gasteiger charge is -2.21. The Morgan fingerprint density at radius 1 is 1.19 bits per heavy atom. The lowest BCUT2D eigenvalue weighted by Crippen LogP contribution is -2.37. The predicted octanol–water partition coefficient (Wildman–Crippen LogP) is 2.45. The minimum atomic E-state index is -3.77. The van der Waals surface area contributed by atoms with Crippen LogP contribution in [-0.4, -0.2) is 49.2 Å². The van der Waals surface area contributed by atoms with Crippen molar-refractivity contribution in [3.8, 4) is 0 Å². The summed E-state index contributed by atoms with van der Waals surface area (Å²) in [5, 5.41) is 0. The summed E-state index contributed by atoms with van der Waals surface area (Å²) < 4.78 is 32.0. The molecule has 0 aliphatic heterocycles. The summed E-state index contributed by atoms with van der Waals surface area (Å²) in [5.41, 5.74) is 1.54. The van der Waals surface area contributed by atoms with Crippen LogP contribution in [0.4, 0.5) is 0 Å². The van der Waals surface area contributed by atoms with Crippen molar-refractivity contribution in [3.05, 3.63) is 52.8 Å². The van der Waals surface area contributed by atoms with Gasteiger partial charge in [-0.3, -0.25) is 4.79 Å². The zero-order valence-corrected chi connectivity index (χ0v) is 16.3. The number of ether oxygens (including phenoxy) is 1. The molecule has 3 rings (SSSR count). The predicted molar refractivity (Wildman–Crippen MR) is 99.3 cm³/mol. The first kappa shape index (κ1) is 19.3. The molecule has 0 bridgehead atoms. The van der Waals surface area contributed by atoms with E-state index in [1.54, 1.807) is 32.0 Å². The number of rotatable bonds is 7. The maximum atomic E-state index is 13.0. The molecule has 1 N–H and O–H groups in total. The summed E-state index contributed by atoms with van der Waals surface area (Å²) in [4.78, 5) is 27.8. The first-order valence-electron chi connectivity index (χ1n) is 8.65. The number of benzene rings is 1. The van der Waals surface area contributed by atoms with Gasteiger partial charge in [0.1, 0.15) is 5.69 Å². The molecule has 1 saturated carbocycles. The molecule has 1 aromatic carbocycles. The van der Waals surface area contributed by atoms with Gasteiger partial charge in [-0.05, 0) is 44.4 Å². The standard InChI is InChI=1S/C19H22N2O5S/c1-12-17(13(2)20-18(12)19(23)26-3)16(22)11-21(14-9-10-14)27(24,25)15-7-5-4-6-8-15/h4-8,14,20H,9-11H2,1-3H3. The van der Waals surface area contributed by atoms with Crippen molar-refractivity contribution in [2.45, 2.75) is 37.6 Å². The number of esters is 1. The van der Waals surface area contributed by atoms with E-state index in [-0.39, 0.29) is 29.0 Å². The number of aromatic nitrogens is 1. The smallest absolute Gasteiger partial charge is 0.354 e. The Kier molecular flexibility index (Phi) is 5.21. The Bertz CT molecular complexity index is 975. The van der Waals surface area contributed by atoms with Gasteiger partial charge >= 0.3 is 5.97 Å². The van der Waals surface area contributed by atoms with E-state index in [1.165, 1.54) is 23.5 Å². The molecule has 0 radical (unpaired) electrons. The van der Waals surface area contributed by atoms with Gasteiger partial charge < -0.3 is 9.72 Å². The van der Waals surface area contributed by atoms with Gasteiger partial charge in [-0.2, -0.15) is 4.31 Å². The van der Waals surface area contributed by atoms with Crippen LogP contribution in [0, 0.1) is 13.8 Å². The van der Waals surface area contributed by atoms with E-state index in [1.807, 2.05) is 0 Å². The Hall–Kier alpha value is -2.45. The number of Topliss-reactive ketones (excluding diaryl/α,β-unsaturated/α-hetero) is 1. The molecule has 0 amide bonds. The summed E-state index contributed by atoms with van der Waals surface area (Å²) in [6.07, 6.45) is 1.47. The first-order valence-corrected chi connectivity index (χ1v) is 10.1. The van der Waals surface area contributed by atoms with E-state index in [0.717, 1.165) is 12.8 Å². The normalized spacial score (nSPS) is 14.4. The van der Waals surface area contributed by atoms with Crippen LogP contribution in [0.5, 0.6) is 0 Å². The van der Waals surface area contributed by atoms with Gasteiger partial charge in [-0.1, -0.05) is 18.2 Å². The quantitative estimate of drug-likeness (QED) is 0.579. The number of carbonyl (C=O) groups excluding carboxylic acids is 2. The largest absolute Gasteiger partial charge is 0.464 e. The molecule has 1 aliphatic rings. The van der Waals surface area contributed by atoms with Crippen LogP contribution in [0.15, 0.2) is 35.2 Å². The molecule has 1 aliphatic carbocycles. The van der Waals surface area contributed by atoms with Crippen molar-refractivity contribution in [3.63, 3.8) is 0 Å². The van der Waals surface area contributed by atoms with Gasteiger partial charge in [0.2, 0.25) is 10.0 Å². The number of carbonyl (C=O) groups is 2. The van der Waals surface area contributed by atoms with Gasteiger partial charge in [0.25, 0.3) is 0 Å². The second-order valence-corrected chi connectivity index (χ2v) is 8.52. The highest BCUT2D eigenvalue weighted by Crippen LogP contribution is 2.32. The minimum Gasteiger partial charge on any atom is -0.464 e. The highest BCUT2D eigenvalue weighted by molar-refractivity contribution is 7.89. The topological polar surface area (TPSA) is 96.5 Å². The maximum Gasteiger partial charge on any atom is 0.354 e. The van der Waals surface area contributed by atoms with E-state index in [2.05, 4.69) is 4.98 Å². The Morgan fingerprint density at radius 2 is 1.81 bits per heavy atom. The lowest BCUT2D eigenvalue weighted by atomic mass is 10.1. The molecule has 2 aromatic rings. The van der Waals surface area contributed by atoms with Gasteiger partial charge in [0, 0.05) is 17.3 Å². The molecule has 0 unspecified atom stereocenters. The van der Waals surface area contributed by atoms with Crippen LogP contribution in [0.2, 0.25) is 0 Å². The third-order valence-electron chi connectivity index (χ3n) is 4.71. The van der Waals surface area contributed by atoms with Crippen LogP contribution < -0.4 is 0 Å².